The number of amides is 1. The number of benzene rings is 1. The highest BCUT2D eigenvalue weighted by molar-refractivity contribution is 9.10. The summed E-state index contributed by atoms with van der Waals surface area (Å²) in [6.07, 6.45) is -5.00. The van der Waals surface area contributed by atoms with Crippen molar-refractivity contribution in [3.63, 3.8) is 0 Å². The summed E-state index contributed by atoms with van der Waals surface area (Å²) >= 11 is 3.05. The highest BCUT2D eigenvalue weighted by Gasteiger charge is 2.30. The number of hydrogen-bond acceptors (Lipinski definition) is 2. The molecule has 7 heteroatoms. The molecule has 120 valence electrons. The van der Waals surface area contributed by atoms with E-state index in [1.54, 1.807) is 20.8 Å². The average Bonchev–Trinajstić information content (AvgIpc) is 2.32. The smallest absolute Gasteiger partial charge is 0.416 e. The standard InChI is InChI=1S/C15H15BrF3NO2/c1-14(2,3)22-13(21)20-8-4-5-10-6-7-11(9-12(10)16)15(17,18)19/h6-7,9H,8H2,1-3H3,(H,20,21). The van der Waals surface area contributed by atoms with Crippen LogP contribution in [0.5, 0.6) is 0 Å². The van der Waals surface area contributed by atoms with Crippen molar-refractivity contribution in [3.8, 4) is 11.8 Å². The van der Waals surface area contributed by atoms with E-state index >= 15 is 0 Å². The van der Waals surface area contributed by atoms with Gasteiger partial charge in [0, 0.05) is 10.0 Å². The Morgan fingerprint density at radius 2 is 1.95 bits per heavy atom. The summed E-state index contributed by atoms with van der Waals surface area (Å²) in [6, 6.07) is 3.19. The first-order valence-electron chi connectivity index (χ1n) is 6.31. The highest BCUT2D eigenvalue weighted by atomic mass is 79.9. The van der Waals surface area contributed by atoms with E-state index in [-0.39, 0.29) is 11.0 Å². The molecule has 0 saturated heterocycles. The van der Waals surface area contributed by atoms with Crippen LogP contribution in [0.15, 0.2) is 22.7 Å². The zero-order chi connectivity index (χ0) is 17.0. The summed E-state index contributed by atoms with van der Waals surface area (Å²) in [5, 5.41) is 2.43. The largest absolute Gasteiger partial charge is 0.444 e. The summed E-state index contributed by atoms with van der Waals surface area (Å²) in [4.78, 5) is 11.4. The third kappa shape index (κ3) is 6.39. The zero-order valence-corrected chi connectivity index (χ0v) is 13.9. The molecule has 0 unspecified atom stereocenters. The van der Waals surface area contributed by atoms with Gasteiger partial charge in [-0.1, -0.05) is 11.8 Å². The lowest BCUT2D eigenvalue weighted by Crippen LogP contribution is -2.32. The molecule has 0 aromatic heterocycles. The van der Waals surface area contributed by atoms with Crippen LogP contribution in [0, 0.1) is 11.8 Å². The maximum Gasteiger partial charge on any atom is 0.416 e. The van der Waals surface area contributed by atoms with Crippen LogP contribution in [0.25, 0.3) is 0 Å². The summed E-state index contributed by atoms with van der Waals surface area (Å²) in [7, 11) is 0. The zero-order valence-electron chi connectivity index (χ0n) is 12.3. The average molecular weight is 378 g/mol. The van der Waals surface area contributed by atoms with E-state index in [0.717, 1.165) is 12.1 Å². The molecule has 0 heterocycles. The van der Waals surface area contributed by atoms with Crippen molar-refractivity contribution in [3.05, 3.63) is 33.8 Å². The Morgan fingerprint density at radius 1 is 1.32 bits per heavy atom. The second-order valence-corrected chi connectivity index (χ2v) is 6.20. The molecule has 1 amide bonds. The summed E-state index contributed by atoms with van der Waals surface area (Å²) in [6.45, 7) is 5.23. The fourth-order valence-electron chi connectivity index (χ4n) is 1.36. The summed E-state index contributed by atoms with van der Waals surface area (Å²) < 4.78 is 42.8. The quantitative estimate of drug-likeness (QED) is 0.739. The van der Waals surface area contributed by atoms with Gasteiger partial charge in [0.1, 0.15) is 5.60 Å². The Bertz CT molecular complexity index is 610. The van der Waals surface area contributed by atoms with Gasteiger partial charge in [-0.05, 0) is 54.9 Å². The van der Waals surface area contributed by atoms with Crippen LogP contribution in [0.2, 0.25) is 0 Å². The van der Waals surface area contributed by atoms with Crippen molar-refractivity contribution >= 4 is 22.0 Å². The monoisotopic (exact) mass is 377 g/mol. The van der Waals surface area contributed by atoms with Crippen LogP contribution >= 0.6 is 15.9 Å². The second-order valence-electron chi connectivity index (χ2n) is 5.35. The molecule has 0 saturated carbocycles. The Kier molecular flexibility index (Phi) is 5.89. The first-order chi connectivity index (χ1) is 9.99. The van der Waals surface area contributed by atoms with Gasteiger partial charge in [-0.25, -0.2) is 4.79 Å². The molecule has 0 spiro atoms. The molecule has 3 nitrogen and oxygen atoms in total. The number of carbonyl (C=O) groups excluding carboxylic acids is 1. The van der Waals surface area contributed by atoms with E-state index < -0.39 is 23.4 Å². The van der Waals surface area contributed by atoms with E-state index in [1.165, 1.54) is 6.07 Å². The predicted molar refractivity (Wildman–Crippen MR) is 80.3 cm³/mol. The van der Waals surface area contributed by atoms with Gasteiger partial charge in [0.2, 0.25) is 0 Å². The van der Waals surface area contributed by atoms with Crippen molar-refractivity contribution in [2.24, 2.45) is 0 Å². The molecule has 0 atom stereocenters. The Labute approximate surface area is 135 Å². The van der Waals surface area contributed by atoms with Gasteiger partial charge in [-0.3, -0.25) is 0 Å². The minimum absolute atomic E-state index is 0.0301. The van der Waals surface area contributed by atoms with Crippen molar-refractivity contribution < 1.29 is 22.7 Å². The number of carbonyl (C=O) groups is 1. The van der Waals surface area contributed by atoms with E-state index in [4.69, 9.17) is 4.74 Å². The van der Waals surface area contributed by atoms with Gasteiger partial charge >= 0.3 is 12.3 Å². The van der Waals surface area contributed by atoms with Crippen molar-refractivity contribution in [1.82, 2.24) is 5.32 Å². The summed E-state index contributed by atoms with van der Waals surface area (Å²) in [5.41, 5.74) is -0.954. The van der Waals surface area contributed by atoms with Crippen molar-refractivity contribution in [1.29, 1.82) is 0 Å². The van der Waals surface area contributed by atoms with Crippen LogP contribution < -0.4 is 5.32 Å². The number of ether oxygens (including phenoxy) is 1. The molecule has 0 bridgehead atoms. The predicted octanol–water partition coefficient (Wildman–Crippen LogP) is 4.34. The first-order valence-corrected chi connectivity index (χ1v) is 7.11. The molecule has 0 radical (unpaired) electrons. The van der Waals surface area contributed by atoms with Crippen LogP contribution in [0.3, 0.4) is 0 Å². The topological polar surface area (TPSA) is 38.3 Å². The van der Waals surface area contributed by atoms with Crippen LogP contribution in [0.4, 0.5) is 18.0 Å². The molecular formula is C15H15BrF3NO2. The molecule has 1 rings (SSSR count). The minimum Gasteiger partial charge on any atom is -0.444 e. The normalized spacial score (nSPS) is 11.4. The molecule has 0 aliphatic heterocycles. The maximum atomic E-state index is 12.5. The number of halogens is 4. The Balaban J connectivity index is 2.64. The molecule has 1 aromatic rings. The number of alkyl carbamates (subject to hydrolysis) is 1. The Morgan fingerprint density at radius 3 is 2.45 bits per heavy atom. The third-order valence-electron chi connectivity index (χ3n) is 2.24. The fourth-order valence-corrected chi connectivity index (χ4v) is 1.84. The SMILES string of the molecule is CC(C)(C)OC(=O)NCC#Cc1ccc(C(F)(F)F)cc1Br. The molecule has 0 aliphatic carbocycles. The fraction of sp³-hybridized carbons (Fsp3) is 0.400. The lowest BCUT2D eigenvalue weighted by molar-refractivity contribution is -0.137. The van der Waals surface area contributed by atoms with Gasteiger partial charge < -0.3 is 10.1 Å². The Hall–Kier alpha value is -1.68. The maximum absolute atomic E-state index is 12.5. The third-order valence-corrected chi connectivity index (χ3v) is 2.90. The lowest BCUT2D eigenvalue weighted by Gasteiger charge is -2.19. The molecule has 1 aromatic carbocycles. The molecule has 0 fully saturated rings. The van der Waals surface area contributed by atoms with E-state index in [9.17, 15) is 18.0 Å². The van der Waals surface area contributed by atoms with Gasteiger partial charge in [0.15, 0.2) is 0 Å². The van der Waals surface area contributed by atoms with Gasteiger partial charge in [0.05, 0.1) is 12.1 Å². The number of hydrogen-bond donors (Lipinski definition) is 1. The molecule has 1 N–H and O–H groups in total. The number of alkyl halides is 3. The lowest BCUT2D eigenvalue weighted by atomic mass is 10.1. The first kappa shape index (κ1) is 18.4. The van der Waals surface area contributed by atoms with Crippen LogP contribution in [-0.2, 0) is 10.9 Å². The van der Waals surface area contributed by atoms with Gasteiger partial charge in [-0.15, -0.1) is 0 Å². The second kappa shape index (κ2) is 7.05. The van der Waals surface area contributed by atoms with E-state index in [2.05, 4.69) is 33.1 Å². The molecular weight excluding hydrogens is 363 g/mol. The van der Waals surface area contributed by atoms with E-state index in [0.29, 0.717) is 5.56 Å². The summed E-state index contributed by atoms with van der Waals surface area (Å²) in [5.74, 6) is 5.32. The number of nitrogens with one attached hydrogen (secondary N) is 1. The van der Waals surface area contributed by atoms with Gasteiger partial charge in [0.25, 0.3) is 0 Å². The molecule has 22 heavy (non-hydrogen) atoms. The van der Waals surface area contributed by atoms with Crippen LogP contribution in [0.1, 0.15) is 31.9 Å². The van der Waals surface area contributed by atoms with Gasteiger partial charge in [-0.2, -0.15) is 13.2 Å². The number of rotatable bonds is 1. The van der Waals surface area contributed by atoms with Crippen molar-refractivity contribution in [2.45, 2.75) is 32.5 Å². The van der Waals surface area contributed by atoms with Crippen molar-refractivity contribution in [2.75, 3.05) is 6.54 Å². The minimum atomic E-state index is -4.40. The highest BCUT2D eigenvalue weighted by Crippen LogP contribution is 2.31. The van der Waals surface area contributed by atoms with E-state index in [1.807, 2.05) is 0 Å². The van der Waals surface area contributed by atoms with Crippen LogP contribution in [-0.4, -0.2) is 18.2 Å². The molecule has 0 aliphatic rings.